The predicted molar refractivity (Wildman–Crippen MR) is 62.4 cm³/mol. The van der Waals surface area contributed by atoms with Gasteiger partial charge in [-0.2, -0.15) is 0 Å². The molecule has 0 unspecified atom stereocenters. The van der Waals surface area contributed by atoms with Crippen molar-refractivity contribution in [3.63, 3.8) is 0 Å². The Labute approximate surface area is 96.1 Å². The topological polar surface area (TPSA) is 29.5 Å². The van der Waals surface area contributed by atoms with Gasteiger partial charge in [-0.25, -0.2) is 4.39 Å². The van der Waals surface area contributed by atoms with Crippen LogP contribution in [0.3, 0.4) is 0 Å². The lowest BCUT2D eigenvalue weighted by atomic mass is 9.93. The van der Waals surface area contributed by atoms with Gasteiger partial charge in [0.15, 0.2) is 0 Å². The first-order valence-electron chi connectivity index (χ1n) is 5.57. The summed E-state index contributed by atoms with van der Waals surface area (Å²) >= 11 is 0. The average Bonchev–Trinajstić information content (AvgIpc) is 2.24. The van der Waals surface area contributed by atoms with Crippen LogP contribution in [0.15, 0.2) is 12.1 Å². The standard InChI is InChI=1S/C13H19FO2/c1-9(2)13-10(5-4-6-15)7-11(14)8-12(13)16-3/h7-9,15H,4-6H2,1-3H3. The van der Waals surface area contributed by atoms with Gasteiger partial charge in [-0.3, -0.25) is 0 Å². The van der Waals surface area contributed by atoms with Crippen LogP contribution in [0.5, 0.6) is 5.75 Å². The number of halogens is 1. The van der Waals surface area contributed by atoms with Crippen molar-refractivity contribution in [2.75, 3.05) is 13.7 Å². The number of rotatable bonds is 5. The molecule has 2 nitrogen and oxygen atoms in total. The maximum Gasteiger partial charge on any atom is 0.127 e. The second kappa shape index (κ2) is 5.85. The first-order valence-corrected chi connectivity index (χ1v) is 5.57. The third-order valence-electron chi connectivity index (χ3n) is 2.59. The van der Waals surface area contributed by atoms with E-state index in [0.29, 0.717) is 18.6 Å². The first kappa shape index (κ1) is 13.0. The largest absolute Gasteiger partial charge is 0.496 e. The van der Waals surface area contributed by atoms with Crippen molar-refractivity contribution in [2.45, 2.75) is 32.6 Å². The smallest absolute Gasteiger partial charge is 0.127 e. The molecule has 16 heavy (non-hydrogen) atoms. The van der Waals surface area contributed by atoms with Gasteiger partial charge in [-0.15, -0.1) is 0 Å². The SMILES string of the molecule is COc1cc(F)cc(CCCO)c1C(C)C. The minimum absolute atomic E-state index is 0.121. The Morgan fingerprint density at radius 1 is 1.38 bits per heavy atom. The normalized spacial score (nSPS) is 10.9. The van der Waals surface area contributed by atoms with Gasteiger partial charge in [0.25, 0.3) is 0 Å². The number of hydrogen-bond acceptors (Lipinski definition) is 2. The molecular formula is C13H19FO2. The van der Waals surface area contributed by atoms with E-state index < -0.39 is 0 Å². The highest BCUT2D eigenvalue weighted by Gasteiger charge is 2.14. The van der Waals surface area contributed by atoms with Crippen LogP contribution in [0.1, 0.15) is 37.3 Å². The molecule has 0 atom stereocenters. The molecule has 0 bridgehead atoms. The maximum atomic E-state index is 13.3. The van der Waals surface area contributed by atoms with Crippen LogP contribution in [0, 0.1) is 5.82 Å². The summed E-state index contributed by atoms with van der Waals surface area (Å²) in [5.74, 6) is 0.598. The fourth-order valence-electron chi connectivity index (χ4n) is 1.95. The lowest BCUT2D eigenvalue weighted by Crippen LogP contribution is -2.03. The summed E-state index contributed by atoms with van der Waals surface area (Å²) < 4.78 is 18.5. The lowest BCUT2D eigenvalue weighted by Gasteiger charge is -2.17. The molecular weight excluding hydrogens is 207 g/mol. The third kappa shape index (κ3) is 2.95. The van der Waals surface area contributed by atoms with Gasteiger partial charge in [-0.1, -0.05) is 13.8 Å². The van der Waals surface area contributed by atoms with Gasteiger partial charge in [0.2, 0.25) is 0 Å². The number of aryl methyl sites for hydroxylation is 1. The van der Waals surface area contributed by atoms with E-state index in [1.165, 1.54) is 12.1 Å². The Morgan fingerprint density at radius 3 is 2.56 bits per heavy atom. The van der Waals surface area contributed by atoms with Crippen molar-refractivity contribution in [1.29, 1.82) is 0 Å². The molecule has 0 aromatic heterocycles. The highest BCUT2D eigenvalue weighted by molar-refractivity contribution is 5.43. The Bertz CT molecular complexity index is 348. The molecule has 0 aliphatic carbocycles. The van der Waals surface area contributed by atoms with Gasteiger partial charge in [0, 0.05) is 18.2 Å². The Balaban J connectivity index is 3.15. The first-order chi connectivity index (χ1) is 7.60. The van der Waals surface area contributed by atoms with Gasteiger partial charge in [-0.05, 0) is 30.4 Å². The van der Waals surface area contributed by atoms with Gasteiger partial charge >= 0.3 is 0 Å². The lowest BCUT2D eigenvalue weighted by molar-refractivity contribution is 0.288. The molecule has 0 fully saturated rings. The van der Waals surface area contributed by atoms with Crippen molar-refractivity contribution in [3.8, 4) is 5.75 Å². The number of hydrogen-bond donors (Lipinski definition) is 1. The summed E-state index contributed by atoms with van der Waals surface area (Å²) in [6, 6.07) is 2.95. The molecule has 0 saturated carbocycles. The zero-order valence-corrected chi connectivity index (χ0v) is 10.1. The summed E-state index contributed by atoms with van der Waals surface area (Å²) in [5, 5.41) is 8.83. The van der Waals surface area contributed by atoms with E-state index in [0.717, 1.165) is 11.1 Å². The van der Waals surface area contributed by atoms with Crippen LogP contribution in [0.4, 0.5) is 4.39 Å². The molecule has 0 heterocycles. The second-order valence-electron chi connectivity index (χ2n) is 4.16. The van der Waals surface area contributed by atoms with E-state index in [4.69, 9.17) is 9.84 Å². The number of ether oxygens (including phenoxy) is 1. The molecule has 3 heteroatoms. The number of methoxy groups -OCH3 is 1. The molecule has 0 aliphatic heterocycles. The molecule has 0 radical (unpaired) electrons. The molecule has 0 aliphatic rings. The zero-order valence-electron chi connectivity index (χ0n) is 10.1. The van der Waals surface area contributed by atoms with Crippen molar-refractivity contribution in [3.05, 3.63) is 29.1 Å². The van der Waals surface area contributed by atoms with E-state index in [-0.39, 0.29) is 18.3 Å². The van der Waals surface area contributed by atoms with Crippen molar-refractivity contribution < 1.29 is 14.2 Å². The summed E-state index contributed by atoms with van der Waals surface area (Å²) in [6.45, 7) is 4.23. The Kier molecular flexibility index (Phi) is 4.74. The van der Waals surface area contributed by atoms with E-state index in [1.807, 2.05) is 0 Å². The number of aliphatic hydroxyl groups is 1. The fraction of sp³-hybridized carbons (Fsp3) is 0.538. The highest BCUT2D eigenvalue weighted by atomic mass is 19.1. The summed E-state index contributed by atoms with van der Waals surface area (Å²) in [4.78, 5) is 0. The van der Waals surface area contributed by atoms with Crippen LogP contribution >= 0.6 is 0 Å². The van der Waals surface area contributed by atoms with Crippen molar-refractivity contribution >= 4 is 0 Å². The molecule has 1 aromatic rings. The van der Waals surface area contributed by atoms with Crippen LogP contribution in [0.25, 0.3) is 0 Å². The molecule has 0 spiro atoms. The van der Waals surface area contributed by atoms with Crippen LogP contribution in [0.2, 0.25) is 0 Å². The Hall–Kier alpha value is -1.09. The minimum atomic E-state index is -0.283. The van der Waals surface area contributed by atoms with E-state index in [2.05, 4.69) is 13.8 Å². The molecule has 0 saturated heterocycles. The summed E-state index contributed by atoms with van der Waals surface area (Å²) in [5.41, 5.74) is 1.97. The fourth-order valence-corrected chi connectivity index (χ4v) is 1.95. The molecule has 90 valence electrons. The maximum absolute atomic E-state index is 13.3. The predicted octanol–water partition coefficient (Wildman–Crippen LogP) is 2.88. The van der Waals surface area contributed by atoms with E-state index in [9.17, 15) is 4.39 Å². The van der Waals surface area contributed by atoms with Gasteiger partial charge in [0.1, 0.15) is 11.6 Å². The van der Waals surface area contributed by atoms with Crippen LogP contribution in [-0.4, -0.2) is 18.8 Å². The monoisotopic (exact) mass is 226 g/mol. The molecule has 1 rings (SSSR count). The van der Waals surface area contributed by atoms with Gasteiger partial charge < -0.3 is 9.84 Å². The van der Waals surface area contributed by atoms with E-state index in [1.54, 1.807) is 7.11 Å². The number of aliphatic hydroxyl groups excluding tert-OH is 1. The summed E-state index contributed by atoms with van der Waals surface area (Å²) in [6.07, 6.45) is 1.32. The van der Waals surface area contributed by atoms with Crippen LogP contribution < -0.4 is 4.74 Å². The van der Waals surface area contributed by atoms with E-state index >= 15 is 0 Å². The molecule has 0 amide bonds. The summed E-state index contributed by atoms with van der Waals surface area (Å²) in [7, 11) is 1.55. The molecule has 1 aromatic carbocycles. The van der Waals surface area contributed by atoms with Crippen molar-refractivity contribution in [2.24, 2.45) is 0 Å². The quantitative estimate of drug-likeness (QED) is 0.836. The minimum Gasteiger partial charge on any atom is -0.496 e. The zero-order chi connectivity index (χ0) is 12.1. The Morgan fingerprint density at radius 2 is 2.06 bits per heavy atom. The molecule has 1 N–H and O–H groups in total. The third-order valence-corrected chi connectivity index (χ3v) is 2.59. The highest BCUT2D eigenvalue weighted by Crippen LogP contribution is 2.31. The van der Waals surface area contributed by atoms with Crippen molar-refractivity contribution in [1.82, 2.24) is 0 Å². The second-order valence-corrected chi connectivity index (χ2v) is 4.16. The van der Waals surface area contributed by atoms with Gasteiger partial charge in [0.05, 0.1) is 7.11 Å². The average molecular weight is 226 g/mol. The van der Waals surface area contributed by atoms with Crippen LogP contribution in [-0.2, 0) is 6.42 Å². The number of benzene rings is 1.